The third-order valence-corrected chi connectivity index (χ3v) is 7.26. The van der Waals surface area contributed by atoms with E-state index in [0.717, 1.165) is 35.8 Å². The van der Waals surface area contributed by atoms with Crippen LogP contribution < -0.4 is 0 Å². The van der Waals surface area contributed by atoms with Crippen LogP contribution >= 0.6 is 22.9 Å². The first-order valence-corrected chi connectivity index (χ1v) is 11.4. The first-order chi connectivity index (χ1) is 14.6. The van der Waals surface area contributed by atoms with Crippen LogP contribution in [0.15, 0.2) is 65.4 Å². The zero-order valence-electron chi connectivity index (χ0n) is 16.4. The summed E-state index contributed by atoms with van der Waals surface area (Å²) in [6.45, 7) is 3.60. The third-order valence-electron chi connectivity index (χ3n) is 6.21. The van der Waals surface area contributed by atoms with Crippen molar-refractivity contribution in [2.45, 2.75) is 12.1 Å². The van der Waals surface area contributed by atoms with Crippen molar-refractivity contribution in [1.29, 1.82) is 0 Å². The Morgan fingerprint density at radius 1 is 0.867 bits per heavy atom. The van der Waals surface area contributed by atoms with Crippen molar-refractivity contribution in [1.82, 2.24) is 9.80 Å². The quantitative estimate of drug-likeness (QED) is 0.565. The first kappa shape index (κ1) is 19.6. The van der Waals surface area contributed by atoms with Gasteiger partial charge in [-0.3, -0.25) is 19.4 Å². The van der Waals surface area contributed by atoms with Gasteiger partial charge in [-0.1, -0.05) is 54.1 Å². The number of thiophene rings is 1. The lowest BCUT2D eigenvalue weighted by Crippen LogP contribution is -2.60. The zero-order chi connectivity index (χ0) is 20.7. The molecule has 2 aliphatic rings. The minimum atomic E-state index is -1.24. The van der Waals surface area contributed by atoms with Crippen LogP contribution in [0.5, 0.6) is 0 Å². The van der Waals surface area contributed by atoms with E-state index in [1.54, 1.807) is 12.1 Å². The molecule has 1 saturated heterocycles. The van der Waals surface area contributed by atoms with E-state index >= 15 is 0 Å². The van der Waals surface area contributed by atoms with Crippen LogP contribution in [0.25, 0.3) is 0 Å². The number of Topliss-reactive ketones (excluding diaryl/α,β-unsaturated/α-hetero) is 2. The molecule has 5 rings (SSSR count). The van der Waals surface area contributed by atoms with Crippen LogP contribution in [0.1, 0.15) is 31.8 Å². The molecule has 0 bridgehead atoms. The number of rotatable bonds is 4. The maximum atomic E-state index is 13.7. The average Bonchev–Trinajstić information content (AvgIpc) is 3.38. The molecule has 1 fully saturated rings. The fourth-order valence-corrected chi connectivity index (χ4v) is 5.58. The molecule has 3 aromatic rings. The molecule has 0 spiro atoms. The van der Waals surface area contributed by atoms with Crippen LogP contribution in [0.3, 0.4) is 0 Å². The van der Waals surface area contributed by atoms with Crippen molar-refractivity contribution in [3.63, 3.8) is 0 Å². The summed E-state index contributed by atoms with van der Waals surface area (Å²) < 4.78 is 0. The topological polar surface area (TPSA) is 40.6 Å². The number of benzene rings is 2. The van der Waals surface area contributed by atoms with Gasteiger partial charge in [0, 0.05) is 48.9 Å². The number of hydrogen-bond donors (Lipinski definition) is 0. The Morgan fingerprint density at radius 2 is 1.50 bits per heavy atom. The summed E-state index contributed by atoms with van der Waals surface area (Å²) in [5.74, 6) is -0.192. The highest BCUT2D eigenvalue weighted by molar-refractivity contribution is 7.08. The Kier molecular flexibility index (Phi) is 5.07. The molecule has 1 aliphatic heterocycles. The van der Waals surface area contributed by atoms with Gasteiger partial charge in [-0.25, -0.2) is 0 Å². The maximum Gasteiger partial charge on any atom is 0.196 e. The van der Waals surface area contributed by atoms with E-state index in [1.807, 2.05) is 53.2 Å². The minimum Gasteiger partial charge on any atom is -0.296 e. The van der Waals surface area contributed by atoms with Crippen molar-refractivity contribution in [3.05, 3.63) is 92.6 Å². The van der Waals surface area contributed by atoms with Crippen LogP contribution in [0.2, 0.25) is 5.02 Å². The van der Waals surface area contributed by atoms with Crippen LogP contribution in [-0.4, -0.2) is 47.5 Å². The SMILES string of the molecule is O=C1c2ccccc2C(=O)C1(c1ccsc1)N1CCN(Cc2ccccc2Cl)CC1. The average molecular weight is 437 g/mol. The Bertz CT molecular complexity index is 1070. The number of carbonyl (C=O) groups is 2. The second-order valence-electron chi connectivity index (χ2n) is 7.78. The molecule has 0 amide bonds. The van der Waals surface area contributed by atoms with Gasteiger partial charge in [0.25, 0.3) is 0 Å². The van der Waals surface area contributed by atoms with E-state index in [1.165, 1.54) is 11.3 Å². The van der Waals surface area contributed by atoms with E-state index in [2.05, 4.69) is 9.80 Å². The molecular weight excluding hydrogens is 416 g/mol. The normalized spacial score (nSPS) is 19.2. The molecule has 1 aliphatic carbocycles. The van der Waals surface area contributed by atoms with Crippen LogP contribution in [0, 0.1) is 0 Å². The standard InChI is InChI=1S/C24H21ClN2O2S/c25-21-8-4-1-5-17(21)15-26-10-12-27(13-11-26)24(18-9-14-30-16-18)22(28)19-6-2-3-7-20(19)23(24)29/h1-9,14,16H,10-13,15H2. The summed E-state index contributed by atoms with van der Waals surface area (Å²) in [6.07, 6.45) is 0. The number of fused-ring (bicyclic) bond motifs is 1. The van der Waals surface area contributed by atoms with Crippen LogP contribution in [-0.2, 0) is 12.1 Å². The lowest BCUT2D eigenvalue weighted by molar-refractivity contribution is 0.0280. The maximum absolute atomic E-state index is 13.7. The minimum absolute atomic E-state index is 0.0962. The lowest BCUT2D eigenvalue weighted by atomic mass is 9.84. The Labute approximate surface area is 184 Å². The molecule has 0 N–H and O–H groups in total. The van der Waals surface area contributed by atoms with Gasteiger partial charge < -0.3 is 0 Å². The largest absolute Gasteiger partial charge is 0.296 e. The highest BCUT2D eigenvalue weighted by atomic mass is 35.5. The second-order valence-corrected chi connectivity index (χ2v) is 8.97. The molecule has 0 atom stereocenters. The third kappa shape index (κ3) is 2.96. The predicted octanol–water partition coefficient (Wildman–Crippen LogP) is 4.49. The van der Waals surface area contributed by atoms with E-state index < -0.39 is 5.54 Å². The molecule has 1 aromatic heterocycles. The van der Waals surface area contributed by atoms with Gasteiger partial charge in [0.15, 0.2) is 17.1 Å². The van der Waals surface area contributed by atoms with Crippen molar-refractivity contribution in [2.24, 2.45) is 0 Å². The van der Waals surface area contributed by atoms with Gasteiger partial charge in [0.05, 0.1) is 0 Å². The Hall–Kier alpha value is -2.31. The Morgan fingerprint density at radius 3 is 2.10 bits per heavy atom. The molecule has 0 unspecified atom stereocenters. The van der Waals surface area contributed by atoms with Gasteiger partial charge in [-0.05, 0) is 34.0 Å². The Balaban J connectivity index is 1.44. The first-order valence-electron chi connectivity index (χ1n) is 10.0. The van der Waals surface area contributed by atoms with E-state index in [4.69, 9.17) is 11.6 Å². The van der Waals surface area contributed by atoms with Crippen LogP contribution in [0.4, 0.5) is 0 Å². The van der Waals surface area contributed by atoms with E-state index in [9.17, 15) is 9.59 Å². The lowest BCUT2D eigenvalue weighted by Gasteiger charge is -2.43. The summed E-state index contributed by atoms with van der Waals surface area (Å²) in [4.78, 5) is 31.7. The fourth-order valence-electron chi connectivity index (χ4n) is 4.68. The van der Waals surface area contributed by atoms with Crippen molar-refractivity contribution in [3.8, 4) is 0 Å². The molecule has 0 radical (unpaired) electrons. The molecule has 6 heteroatoms. The van der Waals surface area contributed by atoms with Gasteiger partial charge in [-0.15, -0.1) is 0 Å². The molecule has 0 saturated carbocycles. The van der Waals surface area contributed by atoms with Gasteiger partial charge >= 0.3 is 0 Å². The summed E-state index contributed by atoms with van der Waals surface area (Å²) in [5, 5.41) is 4.65. The van der Waals surface area contributed by atoms with E-state index in [0.29, 0.717) is 24.2 Å². The summed E-state index contributed by atoms with van der Waals surface area (Å²) in [6, 6.07) is 17.0. The molecule has 4 nitrogen and oxygen atoms in total. The summed E-state index contributed by atoms with van der Waals surface area (Å²) >= 11 is 7.85. The number of carbonyl (C=O) groups excluding carboxylic acids is 2. The molecule has 152 valence electrons. The van der Waals surface area contributed by atoms with Gasteiger partial charge in [0.1, 0.15) is 0 Å². The monoisotopic (exact) mass is 436 g/mol. The van der Waals surface area contributed by atoms with E-state index in [-0.39, 0.29) is 11.6 Å². The fraction of sp³-hybridized carbons (Fsp3) is 0.250. The van der Waals surface area contributed by atoms with Crippen molar-refractivity contribution in [2.75, 3.05) is 26.2 Å². The highest BCUT2D eigenvalue weighted by Crippen LogP contribution is 2.43. The summed E-state index contributed by atoms with van der Waals surface area (Å²) in [7, 11) is 0. The number of piperazine rings is 1. The smallest absolute Gasteiger partial charge is 0.196 e. The predicted molar refractivity (Wildman–Crippen MR) is 119 cm³/mol. The number of halogens is 1. The molecule has 2 aromatic carbocycles. The zero-order valence-corrected chi connectivity index (χ0v) is 18.0. The van der Waals surface area contributed by atoms with Gasteiger partial charge in [-0.2, -0.15) is 11.3 Å². The van der Waals surface area contributed by atoms with Crippen molar-refractivity contribution < 1.29 is 9.59 Å². The van der Waals surface area contributed by atoms with Gasteiger partial charge in [0.2, 0.25) is 0 Å². The van der Waals surface area contributed by atoms with Crippen molar-refractivity contribution >= 4 is 34.5 Å². The molecule has 2 heterocycles. The number of ketones is 2. The molecular formula is C24H21ClN2O2S. The second kappa shape index (κ2) is 7.75. The summed E-state index contributed by atoms with van der Waals surface area (Å²) in [5.41, 5.74) is 1.72. The highest BCUT2D eigenvalue weighted by Gasteiger charge is 2.58. The number of nitrogens with zero attached hydrogens (tertiary/aromatic N) is 2. The number of hydrogen-bond acceptors (Lipinski definition) is 5. The molecule has 30 heavy (non-hydrogen) atoms.